The van der Waals surface area contributed by atoms with E-state index in [-0.39, 0.29) is 27.4 Å². The van der Waals surface area contributed by atoms with Gasteiger partial charge >= 0.3 is 5.97 Å². The van der Waals surface area contributed by atoms with Crippen LogP contribution in [0.5, 0.6) is 0 Å². The number of fused-ring (bicyclic) bond motifs is 1. The number of nitrogens with zero attached hydrogens (tertiary/aromatic N) is 3. The molecule has 0 spiro atoms. The summed E-state index contributed by atoms with van der Waals surface area (Å²) in [6.45, 7) is 4.02. The van der Waals surface area contributed by atoms with Crippen molar-refractivity contribution in [1.82, 2.24) is 19.3 Å². The van der Waals surface area contributed by atoms with Crippen LogP contribution >= 0.6 is 0 Å². The van der Waals surface area contributed by atoms with Gasteiger partial charge in [0.1, 0.15) is 5.69 Å². The Bertz CT molecular complexity index is 1530. The summed E-state index contributed by atoms with van der Waals surface area (Å²) in [5, 5.41) is 12.4. The average Bonchev–Trinajstić information content (AvgIpc) is 3.28. The van der Waals surface area contributed by atoms with E-state index in [0.717, 1.165) is 3.97 Å². The summed E-state index contributed by atoms with van der Waals surface area (Å²) in [5.74, 6) is -1.78. The van der Waals surface area contributed by atoms with Gasteiger partial charge in [0.25, 0.3) is 15.9 Å². The molecule has 33 heavy (non-hydrogen) atoms. The highest BCUT2D eigenvalue weighted by Gasteiger charge is 2.21. The van der Waals surface area contributed by atoms with E-state index in [2.05, 4.69) is 21.9 Å². The molecule has 10 heteroatoms. The van der Waals surface area contributed by atoms with Crippen molar-refractivity contribution in [3.63, 3.8) is 0 Å². The predicted molar refractivity (Wildman–Crippen MR) is 121 cm³/mol. The third-order valence-corrected chi connectivity index (χ3v) is 6.75. The number of carbonyl (C=O) groups excluding carboxylic acids is 1. The number of nitrogens with one attached hydrogen (secondary N) is 1. The topological polar surface area (TPSA) is 131 Å². The zero-order chi connectivity index (χ0) is 23.8. The van der Waals surface area contributed by atoms with Crippen LogP contribution in [0, 0.1) is 0 Å². The lowest BCUT2D eigenvalue weighted by atomic mass is 10.0. The molecule has 3 heterocycles. The second-order valence-corrected chi connectivity index (χ2v) is 8.85. The van der Waals surface area contributed by atoms with Gasteiger partial charge in [-0.05, 0) is 30.3 Å². The molecular weight excluding hydrogens is 444 g/mol. The molecule has 166 valence electrons. The third kappa shape index (κ3) is 3.87. The molecule has 4 aromatic rings. The Labute approximate surface area is 189 Å². The summed E-state index contributed by atoms with van der Waals surface area (Å²) in [5.41, 5.74) is 0.991. The van der Waals surface area contributed by atoms with Crippen LogP contribution < -0.4 is 5.32 Å². The van der Waals surface area contributed by atoms with E-state index in [1.54, 1.807) is 24.3 Å². The molecular formula is C23H18N4O5S. The van der Waals surface area contributed by atoms with Crippen LogP contribution in [0.15, 0.2) is 78.6 Å². The molecule has 1 aromatic carbocycles. The van der Waals surface area contributed by atoms with Gasteiger partial charge in [-0.2, -0.15) is 0 Å². The van der Waals surface area contributed by atoms with E-state index in [1.165, 1.54) is 49.9 Å². The second-order valence-electron chi connectivity index (χ2n) is 7.04. The van der Waals surface area contributed by atoms with E-state index in [0.29, 0.717) is 16.5 Å². The first-order valence-corrected chi connectivity index (χ1v) is 11.1. The Kier molecular flexibility index (Phi) is 5.52. The lowest BCUT2D eigenvalue weighted by Gasteiger charge is -2.11. The summed E-state index contributed by atoms with van der Waals surface area (Å²) in [7, 11) is -2.46. The lowest BCUT2D eigenvalue weighted by molar-refractivity contribution is 0.0696. The maximum atomic E-state index is 13.1. The highest BCUT2D eigenvalue weighted by Crippen LogP contribution is 2.30. The Balaban J connectivity index is 1.86. The van der Waals surface area contributed by atoms with Gasteiger partial charge in [0.15, 0.2) is 0 Å². The number of benzene rings is 1. The molecule has 0 atom stereocenters. The summed E-state index contributed by atoms with van der Waals surface area (Å²) in [6, 6.07) is 12.1. The fourth-order valence-electron chi connectivity index (χ4n) is 3.38. The minimum absolute atomic E-state index is 0.0853. The molecule has 0 radical (unpaired) electrons. The van der Waals surface area contributed by atoms with E-state index >= 15 is 0 Å². The smallest absolute Gasteiger partial charge is 0.335 e. The highest BCUT2D eigenvalue weighted by atomic mass is 32.2. The van der Waals surface area contributed by atoms with Crippen LogP contribution in [0.25, 0.3) is 16.5 Å². The molecule has 1 amide bonds. The molecule has 0 aliphatic heterocycles. The second kappa shape index (κ2) is 8.32. The van der Waals surface area contributed by atoms with Crippen LogP contribution in [0.1, 0.15) is 32.1 Å². The monoisotopic (exact) mass is 462 g/mol. The zero-order valence-corrected chi connectivity index (χ0v) is 18.2. The molecule has 0 saturated heterocycles. The normalized spacial score (nSPS) is 11.3. The largest absolute Gasteiger partial charge is 0.478 e. The Morgan fingerprint density at radius 2 is 1.76 bits per heavy atom. The Morgan fingerprint density at radius 3 is 2.42 bits per heavy atom. The highest BCUT2D eigenvalue weighted by molar-refractivity contribution is 7.90. The predicted octanol–water partition coefficient (Wildman–Crippen LogP) is 2.79. The number of aromatic carboxylic acids is 1. The molecule has 0 aliphatic rings. The van der Waals surface area contributed by atoms with E-state index in [9.17, 15) is 23.1 Å². The van der Waals surface area contributed by atoms with Crippen molar-refractivity contribution in [2.24, 2.45) is 0 Å². The van der Waals surface area contributed by atoms with Crippen molar-refractivity contribution < 1.29 is 23.1 Å². The molecule has 0 fully saturated rings. The van der Waals surface area contributed by atoms with Crippen LogP contribution in [-0.4, -0.2) is 46.4 Å². The van der Waals surface area contributed by atoms with E-state index in [1.807, 2.05) is 0 Å². The molecule has 0 aliphatic carbocycles. The molecule has 2 N–H and O–H groups in total. The van der Waals surface area contributed by atoms with E-state index < -0.39 is 21.9 Å². The lowest BCUT2D eigenvalue weighted by Crippen LogP contribution is -2.20. The van der Waals surface area contributed by atoms with Gasteiger partial charge in [0, 0.05) is 36.0 Å². The summed E-state index contributed by atoms with van der Waals surface area (Å²) < 4.78 is 27.4. The number of rotatable bonds is 6. The maximum absolute atomic E-state index is 13.1. The number of carboxylic acids is 1. The number of pyridine rings is 2. The fraction of sp³-hybridized carbons (Fsp3) is 0.0435. The van der Waals surface area contributed by atoms with Gasteiger partial charge in [-0.1, -0.05) is 24.8 Å². The number of hydrogen-bond acceptors (Lipinski definition) is 6. The fourth-order valence-corrected chi connectivity index (χ4v) is 4.73. The Hall–Kier alpha value is -4.31. The Morgan fingerprint density at radius 1 is 1.06 bits per heavy atom. The summed E-state index contributed by atoms with van der Waals surface area (Å²) in [4.78, 5) is 32.2. The van der Waals surface area contributed by atoms with Crippen molar-refractivity contribution in [3.8, 4) is 0 Å². The van der Waals surface area contributed by atoms with Gasteiger partial charge in [-0.15, -0.1) is 0 Å². The van der Waals surface area contributed by atoms with Crippen LogP contribution in [-0.2, 0) is 10.0 Å². The van der Waals surface area contributed by atoms with Crippen LogP contribution in [0.4, 0.5) is 0 Å². The standard InChI is InChI=1S/C23H18N4O5S/c1-14(19-10-15(23(29)30)11-20(26-19)22(28)24-2)18-12-25-13-21-17(18)8-9-27(21)33(31,32)16-6-4-3-5-7-16/h3-13H,1H2,2H3,(H,24,28)(H,29,30). The van der Waals surface area contributed by atoms with Crippen molar-refractivity contribution in [1.29, 1.82) is 0 Å². The van der Waals surface area contributed by atoms with Crippen molar-refractivity contribution >= 4 is 38.4 Å². The zero-order valence-electron chi connectivity index (χ0n) is 17.4. The number of hydrogen-bond donors (Lipinski definition) is 2. The number of carbonyl (C=O) groups is 2. The van der Waals surface area contributed by atoms with Gasteiger partial charge < -0.3 is 10.4 Å². The van der Waals surface area contributed by atoms with Gasteiger partial charge in [0.05, 0.1) is 27.9 Å². The van der Waals surface area contributed by atoms with Crippen molar-refractivity contribution in [2.45, 2.75) is 4.90 Å². The van der Waals surface area contributed by atoms with Gasteiger partial charge in [-0.25, -0.2) is 22.2 Å². The van der Waals surface area contributed by atoms with Crippen molar-refractivity contribution in [3.05, 3.63) is 96.2 Å². The number of carboxylic acid groups (broad SMARTS) is 1. The quantitative estimate of drug-likeness (QED) is 0.450. The minimum atomic E-state index is -3.87. The maximum Gasteiger partial charge on any atom is 0.335 e. The van der Waals surface area contributed by atoms with Gasteiger partial charge in [0.2, 0.25) is 0 Å². The summed E-state index contributed by atoms with van der Waals surface area (Å²) in [6.07, 6.45) is 4.32. The number of amides is 1. The molecule has 0 bridgehead atoms. The van der Waals surface area contributed by atoms with Crippen LogP contribution in [0.3, 0.4) is 0 Å². The minimum Gasteiger partial charge on any atom is -0.478 e. The van der Waals surface area contributed by atoms with Crippen LogP contribution in [0.2, 0.25) is 0 Å². The average molecular weight is 462 g/mol. The molecule has 0 unspecified atom stereocenters. The third-order valence-electron chi connectivity index (χ3n) is 5.05. The first-order chi connectivity index (χ1) is 15.7. The summed E-state index contributed by atoms with van der Waals surface area (Å²) >= 11 is 0. The molecule has 4 rings (SSSR count). The molecule has 3 aromatic heterocycles. The SMILES string of the molecule is C=C(c1cc(C(=O)O)cc(C(=O)NC)n1)c1cncc2c1ccn2S(=O)(=O)c1ccccc1. The molecule has 9 nitrogen and oxygen atoms in total. The number of aromatic nitrogens is 3. The van der Waals surface area contributed by atoms with Gasteiger partial charge in [-0.3, -0.25) is 9.78 Å². The first-order valence-electron chi connectivity index (χ1n) is 9.67. The molecule has 0 saturated carbocycles. The first kappa shape index (κ1) is 21.9. The van der Waals surface area contributed by atoms with Crippen molar-refractivity contribution in [2.75, 3.05) is 7.05 Å². The van der Waals surface area contributed by atoms with E-state index in [4.69, 9.17) is 0 Å².